The van der Waals surface area contributed by atoms with Gasteiger partial charge in [0.15, 0.2) is 4.80 Å². The van der Waals surface area contributed by atoms with Gasteiger partial charge < -0.3 is 14.2 Å². The first-order valence-electron chi connectivity index (χ1n) is 13.2. The molecule has 218 valence electrons. The molecule has 0 N–H and O–H groups in total. The van der Waals surface area contributed by atoms with Crippen LogP contribution in [0.2, 0.25) is 0 Å². The second kappa shape index (κ2) is 11.7. The molecule has 0 unspecified atom stereocenters. The molecule has 0 bridgehead atoms. The maximum Gasteiger partial charge on any atom is 0.338 e. The zero-order chi connectivity index (χ0) is 30.3. The van der Waals surface area contributed by atoms with E-state index in [1.165, 1.54) is 16.6 Å². The third-order valence-electron chi connectivity index (χ3n) is 6.79. The molecule has 0 spiro atoms. The van der Waals surface area contributed by atoms with E-state index in [1.807, 2.05) is 0 Å². The Kier molecular flexibility index (Phi) is 8.20. The number of benzene rings is 2. The molecule has 0 fully saturated rings. The van der Waals surface area contributed by atoms with Crippen molar-refractivity contribution in [2.45, 2.75) is 39.8 Å². The molecular formula is C30H28BrN3O7S. The number of anilines is 1. The Morgan fingerprint density at radius 2 is 1.88 bits per heavy atom. The summed E-state index contributed by atoms with van der Waals surface area (Å²) < 4.78 is 18.6. The van der Waals surface area contributed by atoms with Gasteiger partial charge in [-0.1, -0.05) is 45.5 Å². The van der Waals surface area contributed by atoms with Crippen LogP contribution in [0.1, 0.15) is 44.9 Å². The van der Waals surface area contributed by atoms with Gasteiger partial charge in [0.2, 0.25) is 0 Å². The fraction of sp³-hybridized carbons (Fsp3) is 0.300. The highest BCUT2D eigenvalue weighted by Gasteiger charge is 2.39. The number of amides is 1. The van der Waals surface area contributed by atoms with Gasteiger partial charge in [-0.25, -0.2) is 9.79 Å². The summed E-state index contributed by atoms with van der Waals surface area (Å²) in [5, 5.41) is 0. The molecular weight excluding hydrogens is 626 g/mol. The molecule has 12 heteroatoms. The number of carbonyl (C=O) groups excluding carboxylic acids is 3. The Balaban J connectivity index is 1.79. The van der Waals surface area contributed by atoms with Gasteiger partial charge in [0, 0.05) is 15.6 Å². The molecule has 3 heterocycles. The Morgan fingerprint density at radius 3 is 2.57 bits per heavy atom. The Morgan fingerprint density at radius 1 is 1.14 bits per heavy atom. The average molecular weight is 655 g/mol. The third-order valence-corrected chi connectivity index (χ3v) is 8.34. The molecule has 2 aliphatic rings. The van der Waals surface area contributed by atoms with Crippen molar-refractivity contribution in [3.8, 4) is 5.75 Å². The second-order valence-electron chi connectivity index (χ2n) is 9.83. The number of rotatable bonds is 7. The molecule has 1 atom stereocenters. The lowest BCUT2D eigenvalue weighted by Gasteiger charge is -2.26. The van der Waals surface area contributed by atoms with Gasteiger partial charge in [0.1, 0.15) is 22.9 Å². The van der Waals surface area contributed by atoms with Crippen LogP contribution in [0.15, 0.2) is 68.0 Å². The van der Waals surface area contributed by atoms with Crippen LogP contribution in [0.5, 0.6) is 5.75 Å². The Hall–Kier alpha value is -4.03. The maximum atomic E-state index is 14.4. The quantitative estimate of drug-likeness (QED) is 0.360. The summed E-state index contributed by atoms with van der Waals surface area (Å²) in [5.41, 5.74) is 1.77. The van der Waals surface area contributed by atoms with Crippen molar-refractivity contribution in [1.29, 1.82) is 0 Å². The molecule has 0 saturated heterocycles. The number of ether oxygens (including phenoxy) is 3. The molecule has 5 rings (SSSR count). The first-order valence-corrected chi connectivity index (χ1v) is 14.8. The van der Waals surface area contributed by atoms with E-state index in [1.54, 1.807) is 70.2 Å². The summed E-state index contributed by atoms with van der Waals surface area (Å²) in [7, 11) is 1.51. The van der Waals surface area contributed by atoms with Crippen LogP contribution in [0, 0.1) is 0 Å². The fourth-order valence-corrected chi connectivity index (χ4v) is 6.63. The molecule has 42 heavy (non-hydrogen) atoms. The number of allylic oxidation sites excluding steroid dienone is 1. The first kappa shape index (κ1) is 29.5. The highest BCUT2D eigenvalue weighted by atomic mass is 79.9. The predicted molar refractivity (Wildman–Crippen MR) is 160 cm³/mol. The van der Waals surface area contributed by atoms with E-state index in [-0.39, 0.29) is 28.8 Å². The van der Waals surface area contributed by atoms with Gasteiger partial charge in [0.25, 0.3) is 11.5 Å². The summed E-state index contributed by atoms with van der Waals surface area (Å²) in [4.78, 5) is 60.3. The number of carbonyl (C=O) groups is 3. The van der Waals surface area contributed by atoms with Crippen molar-refractivity contribution < 1.29 is 28.6 Å². The minimum absolute atomic E-state index is 0.141. The number of hydrogen-bond acceptors (Lipinski definition) is 9. The molecule has 1 amide bonds. The molecule has 2 aliphatic heterocycles. The van der Waals surface area contributed by atoms with Gasteiger partial charge in [-0.15, -0.1) is 0 Å². The number of para-hydroxylation sites is 1. The standard InChI is InChI=1S/C30H28BrN3O7S/c1-6-40-22(35)14-33-20-10-8-7-9-18(20)24(27(33)36)26-28(37)34-25(19-13-17(31)11-12-21(19)39-5)23(29(38)41-15(2)3)16(4)32-30(34)42-26/h7-13,15,25H,6,14H2,1-5H3/b26-24-/t25-/m1/s1. The minimum atomic E-state index is -0.948. The molecule has 2 aromatic carbocycles. The smallest absolute Gasteiger partial charge is 0.338 e. The number of aromatic nitrogens is 1. The van der Waals surface area contributed by atoms with Crippen molar-refractivity contribution in [1.82, 2.24) is 4.57 Å². The maximum absolute atomic E-state index is 14.4. The summed E-state index contributed by atoms with van der Waals surface area (Å²) in [6.45, 7) is 6.73. The average Bonchev–Trinajstić information content (AvgIpc) is 3.40. The Bertz CT molecular complexity index is 1840. The van der Waals surface area contributed by atoms with E-state index >= 15 is 0 Å². The minimum Gasteiger partial charge on any atom is -0.496 e. The van der Waals surface area contributed by atoms with Crippen molar-refractivity contribution in [2.75, 3.05) is 25.2 Å². The van der Waals surface area contributed by atoms with Gasteiger partial charge in [-0.2, -0.15) is 0 Å². The van der Waals surface area contributed by atoms with Crippen LogP contribution in [0.3, 0.4) is 0 Å². The van der Waals surface area contributed by atoms with E-state index in [4.69, 9.17) is 14.2 Å². The molecule has 3 aromatic rings. The van der Waals surface area contributed by atoms with Crippen molar-refractivity contribution in [3.63, 3.8) is 0 Å². The Labute approximate surface area is 253 Å². The van der Waals surface area contributed by atoms with Crippen LogP contribution in [0.25, 0.3) is 5.57 Å². The molecule has 0 saturated carbocycles. The van der Waals surface area contributed by atoms with Crippen molar-refractivity contribution in [3.05, 3.63) is 89.0 Å². The lowest BCUT2D eigenvalue weighted by atomic mass is 9.95. The highest BCUT2D eigenvalue weighted by Crippen LogP contribution is 2.38. The van der Waals surface area contributed by atoms with Gasteiger partial charge in [-0.05, 0) is 52.0 Å². The normalized spacial score (nSPS) is 17.2. The number of methoxy groups -OCH3 is 1. The van der Waals surface area contributed by atoms with Crippen LogP contribution in [-0.4, -0.2) is 48.8 Å². The van der Waals surface area contributed by atoms with E-state index in [9.17, 15) is 19.2 Å². The lowest BCUT2D eigenvalue weighted by Crippen LogP contribution is -2.41. The topological polar surface area (TPSA) is 116 Å². The molecule has 1 aromatic heterocycles. The molecule has 10 nitrogen and oxygen atoms in total. The van der Waals surface area contributed by atoms with Gasteiger partial charge >= 0.3 is 11.9 Å². The number of nitrogens with zero attached hydrogens (tertiary/aromatic N) is 3. The fourth-order valence-electron chi connectivity index (χ4n) is 5.12. The van der Waals surface area contributed by atoms with Crippen molar-refractivity contribution in [2.24, 2.45) is 4.99 Å². The number of thiazole rings is 1. The summed E-state index contributed by atoms with van der Waals surface area (Å²) in [6, 6.07) is 11.3. The van der Waals surface area contributed by atoms with Crippen molar-refractivity contribution >= 4 is 56.4 Å². The predicted octanol–water partition coefficient (Wildman–Crippen LogP) is 3.24. The molecule has 0 aliphatic carbocycles. The number of hydrogen-bond donors (Lipinski definition) is 0. The monoisotopic (exact) mass is 653 g/mol. The van der Waals surface area contributed by atoms with E-state index in [0.717, 1.165) is 11.3 Å². The van der Waals surface area contributed by atoms with Gasteiger partial charge in [-0.3, -0.25) is 23.9 Å². The summed E-state index contributed by atoms with van der Waals surface area (Å²) in [5.74, 6) is -1.22. The largest absolute Gasteiger partial charge is 0.496 e. The van der Waals surface area contributed by atoms with Crippen LogP contribution in [-0.2, 0) is 23.9 Å². The number of halogens is 1. The van der Waals surface area contributed by atoms with Crippen LogP contribution >= 0.6 is 27.3 Å². The zero-order valence-electron chi connectivity index (χ0n) is 23.6. The third kappa shape index (κ3) is 5.09. The molecule has 0 radical (unpaired) electrons. The number of fused-ring (bicyclic) bond motifs is 2. The van der Waals surface area contributed by atoms with E-state index in [0.29, 0.717) is 37.5 Å². The van der Waals surface area contributed by atoms with Crippen LogP contribution < -0.4 is 24.5 Å². The summed E-state index contributed by atoms with van der Waals surface area (Å²) >= 11 is 4.55. The number of esters is 2. The summed E-state index contributed by atoms with van der Waals surface area (Å²) in [6.07, 6.45) is -0.410. The second-order valence-corrected chi connectivity index (χ2v) is 11.7. The SMILES string of the molecule is CCOC(=O)CN1C(=O)/C(=c2\sc3n(c2=O)[C@H](c2cc(Br)ccc2OC)C(C(=O)OC(C)C)=C(C)N=3)c2ccccc21. The van der Waals surface area contributed by atoms with E-state index < -0.39 is 35.6 Å². The first-order chi connectivity index (χ1) is 20.1. The highest BCUT2D eigenvalue weighted by molar-refractivity contribution is 9.10. The van der Waals surface area contributed by atoms with Gasteiger partial charge in [0.05, 0.1) is 42.4 Å². The zero-order valence-corrected chi connectivity index (χ0v) is 26.0. The van der Waals surface area contributed by atoms with Crippen LogP contribution in [0.4, 0.5) is 5.69 Å². The lowest BCUT2D eigenvalue weighted by molar-refractivity contribution is -0.143. The van der Waals surface area contributed by atoms with E-state index in [2.05, 4.69) is 20.9 Å².